The summed E-state index contributed by atoms with van der Waals surface area (Å²) in [6.45, 7) is 4.79. The monoisotopic (exact) mass is 399 g/mol. The molecule has 0 unspecified atom stereocenters. The van der Waals surface area contributed by atoms with Crippen LogP contribution in [0.25, 0.3) is 0 Å². The molecule has 28 heavy (non-hydrogen) atoms. The van der Waals surface area contributed by atoms with Gasteiger partial charge in [0.25, 0.3) is 0 Å². The van der Waals surface area contributed by atoms with Gasteiger partial charge in [0.15, 0.2) is 5.82 Å². The summed E-state index contributed by atoms with van der Waals surface area (Å²) in [5.41, 5.74) is 2.08. The lowest BCUT2D eigenvalue weighted by atomic mass is 9.95. The van der Waals surface area contributed by atoms with Gasteiger partial charge in [0.1, 0.15) is 5.82 Å². The van der Waals surface area contributed by atoms with Gasteiger partial charge in [-0.05, 0) is 77.7 Å². The normalized spacial score (nSPS) is 17.0. The first kappa shape index (κ1) is 19.0. The number of piperidine rings is 1. The van der Waals surface area contributed by atoms with E-state index in [1.165, 1.54) is 12.1 Å². The number of nitrogens with zero attached hydrogens (tertiary/aromatic N) is 5. The molecule has 1 fully saturated rings. The molecule has 1 aromatic heterocycles. The lowest BCUT2D eigenvalue weighted by molar-refractivity contribution is 0.150. The van der Waals surface area contributed by atoms with Crippen LogP contribution in [0.1, 0.15) is 42.8 Å². The topological polar surface area (TPSA) is 46.8 Å². The van der Waals surface area contributed by atoms with Crippen LogP contribution in [0.5, 0.6) is 0 Å². The van der Waals surface area contributed by atoms with Crippen molar-refractivity contribution in [2.75, 3.05) is 13.1 Å². The van der Waals surface area contributed by atoms with E-state index in [-0.39, 0.29) is 11.9 Å². The molecule has 146 valence electrons. The highest BCUT2D eigenvalue weighted by Crippen LogP contribution is 2.32. The Bertz CT molecular complexity index is 901. The van der Waals surface area contributed by atoms with Crippen molar-refractivity contribution < 1.29 is 4.39 Å². The molecule has 1 aliphatic heterocycles. The Morgan fingerprint density at radius 3 is 2.43 bits per heavy atom. The van der Waals surface area contributed by atoms with E-state index in [0.717, 1.165) is 48.8 Å². The maximum atomic E-state index is 13.2. The van der Waals surface area contributed by atoms with Gasteiger partial charge < -0.3 is 0 Å². The number of likely N-dealkylation sites (tertiary alicyclic amines) is 1. The van der Waals surface area contributed by atoms with Gasteiger partial charge in [0.2, 0.25) is 0 Å². The van der Waals surface area contributed by atoms with E-state index in [1.807, 2.05) is 28.9 Å². The fourth-order valence-electron chi connectivity index (χ4n) is 3.74. The van der Waals surface area contributed by atoms with Crippen molar-refractivity contribution >= 4 is 11.6 Å². The Labute approximate surface area is 169 Å². The van der Waals surface area contributed by atoms with E-state index < -0.39 is 0 Å². The number of tetrazole rings is 1. The molecule has 1 saturated heterocycles. The predicted octanol–water partition coefficient (Wildman–Crippen LogP) is 4.34. The van der Waals surface area contributed by atoms with Crippen molar-refractivity contribution in [2.45, 2.75) is 32.4 Å². The summed E-state index contributed by atoms with van der Waals surface area (Å²) in [5, 5.41) is 13.2. The highest BCUT2D eigenvalue weighted by atomic mass is 35.5. The Morgan fingerprint density at radius 1 is 1.07 bits per heavy atom. The molecule has 0 radical (unpaired) electrons. The van der Waals surface area contributed by atoms with Crippen molar-refractivity contribution in [1.82, 2.24) is 25.1 Å². The summed E-state index contributed by atoms with van der Waals surface area (Å²) < 4.78 is 15.0. The van der Waals surface area contributed by atoms with Crippen LogP contribution in [-0.4, -0.2) is 38.2 Å². The zero-order valence-corrected chi connectivity index (χ0v) is 16.6. The van der Waals surface area contributed by atoms with E-state index >= 15 is 0 Å². The summed E-state index contributed by atoms with van der Waals surface area (Å²) >= 11 is 6.11. The molecule has 5 nitrogen and oxygen atoms in total. The Kier molecular flexibility index (Phi) is 5.69. The molecule has 1 atom stereocenters. The van der Waals surface area contributed by atoms with Crippen molar-refractivity contribution in [3.63, 3.8) is 0 Å². The van der Waals surface area contributed by atoms with E-state index in [9.17, 15) is 4.39 Å². The smallest absolute Gasteiger partial charge is 0.173 e. The van der Waals surface area contributed by atoms with E-state index in [0.29, 0.717) is 11.6 Å². The van der Waals surface area contributed by atoms with Crippen molar-refractivity contribution in [3.8, 4) is 0 Å². The van der Waals surface area contributed by atoms with Gasteiger partial charge in [-0.25, -0.2) is 9.07 Å². The molecule has 0 aliphatic carbocycles. The maximum absolute atomic E-state index is 13.2. The molecule has 4 rings (SSSR count). The first-order valence-electron chi connectivity index (χ1n) is 9.60. The minimum absolute atomic E-state index is 0.0415. The highest BCUT2D eigenvalue weighted by molar-refractivity contribution is 6.30. The van der Waals surface area contributed by atoms with Crippen LogP contribution in [0.15, 0.2) is 48.5 Å². The van der Waals surface area contributed by atoms with Crippen LogP contribution in [0, 0.1) is 11.7 Å². The average Bonchev–Trinajstić information content (AvgIpc) is 3.14. The van der Waals surface area contributed by atoms with Gasteiger partial charge in [-0.3, -0.25) is 4.90 Å². The molecule has 2 heterocycles. The fourth-order valence-corrected chi connectivity index (χ4v) is 3.86. The fraction of sp³-hybridized carbons (Fsp3) is 0.381. The lowest BCUT2D eigenvalue weighted by Crippen LogP contribution is -2.38. The number of aromatic nitrogens is 4. The summed E-state index contributed by atoms with van der Waals surface area (Å²) in [7, 11) is 0. The van der Waals surface area contributed by atoms with Gasteiger partial charge >= 0.3 is 0 Å². The molecule has 1 aliphatic rings. The van der Waals surface area contributed by atoms with Gasteiger partial charge in [0, 0.05) is 5.02 Å². The molecule has 3 aromatic rings. The largest absolute Gasteiger partial charge is 0.290 e. The Balaban J connectivity index is 1.67. The highest BCUT2D eigenvalue weighted by Gasteiger charge is 2.30. The second kappa shape index (κ2) is 8.37. The molecule has 2 aromatic carbocycles. The minimum atomic E-state index is -0.248. The van der Waals surface area contributed by atoms with E-state index in [4.69, 9.17) is 11.6 Å². The summed E-state index contributed by atoms with van der Waals surface area (Å²) in [6.07, 6.45) is 2.31. The third-order valence-corrected chi connectivity index (χ3v) is 5.67. The van der Waals surface area contributed by atoms with Gasteiger partial charge in [-0.2, -0.15) is 0 Å². The number of halogens is 2. The van der Waals surface area contributed by atoms with Crippen LogP contribution in [-0.2, 0) is 6.54 Å². The second-order valence-electron chi connectivity index (χ2n) is 7.49. The Morgan fingerprint density at radius 2 is 1.75 bits per heavy atom. The molecule has 0 spiro atoms. The molecule has 0 bridgehead atoms. The molecule has 0 amide bonds. The van der Waals surface area contributed by atoms with Crippen LogP contribution >= 0.6 is 11.6 Å². The molecular weight excluding hydrogens is 377 g/mol. The Hall–Kier alpha value is -2.31. The minimum Gasteiger partial charge on any atom is -0.290 e. The lowest BCUT2D eigenvalue weighted by Gasteiger charge is -2.36. The number of hydrogen-bond donors (Lipinski definition) is 0. The van der Waals surface area contributed by atoms with Gasteiger partial charge in [0.05, 0.1) is 12.6 Å². The second-order valence-corrected chi connectivity index (χ2v) is 7.93. The first-order chi connectivity index (χ1) is 13.6. The van der Waals surface area contributed by atoms with Crippen LogP contribution in [0.2, 0.25) is 5.02 Å². The standard InChI is InChI=1S/C21H23ClFN5/c1-15-10-12-27(13-11-15)20(17-4-6-18(22)7-5-17)21-24-25-26-28(21)14-16-2-8-19(23)9-3-16/h2-9,15,20H,10-14H2,1H3/t20-/m1/s1. The average molecular weight is 400 g/mol. The van der Waals surface area contributed by atoms with Crippen molar-refractivity contribution in [3.05, 3.63) is 76.3 Å². The number of rotatable bonds is 5. The van der Waals surface area contributed by atoms with E-state index in [2.05, 4.69) is 27.3 Å². The molecule has 7 heteroatoms. The molecule has 0 saturated carbocycles. The third kappa shape index (κ3) is 4.23. The summed E-state index contributed by atoms with van der Waals surface area (Å²) in [4.78, 5) is 2.44. The van der Waals surface area contributed by atoms with E-state index in [1.54, 1.807) is 12.1 Å². The van der Waals surface area contributed by atoms with Crippen LogP contribution < -0.4 is 0 Å². The zero-order chi connectivity index (χ0) is 19.5. The van der Waals surface area contributed by atoms with Crippen LogP contribution in [0.4, 0.5) is 4.39 Å². The number of hydrogen-bond acceptors (Lipinski definition) is 4. The van der Waals surface area contributed by atoms with Crippen molar-refractivity contribution in [1.29, 1.82) is 0 Å². The van der Waals surface area contributed by atoms with Crippen molar-refractivity contribution in [2.24, 2.45) is 5.92 Å². The number of benzene rings is 2. The maximum Gasteiger partial charge on any atom is 0.173 e. The zero-order valence-electron chi connectivity index (χ0n) is 15.8. The first-order valence-corrected chi connectivity index (χ1v) is 9.98. The molecule has 0 N–H and O–H groups in total. The van der Waals surface area contributed by atoms with Gasteiger partial charge in [-0.15, -0.1) is 5.10 Å². The summed E-state index contributed by atoms with van der Waals surface area (Å²) in [6, 6.07) is 14.3. The third-order valence-electron chi connectivity index (χ3n) is 5.42. The SMILES string of the molecule is CC1CCN([C@H](c2ccc(Cl)cc2)c2nnnn2Cc2ccc(F)cc2)CC1. The quantitative estimate of drug-likeness (QED) is 0.640. The summed E-state index contributed by atoms with van der Waals surface area (Å²) in [5.74, 6) is 1.28. The predicted molar refractivity (Wildman–Crippen MR) is 107 cm³/mol. The molecular formula is C21H23ClFN5. The van der Waals surface area contributed by atoms with Crippen LogP contribution in [0.3, 0.4) is 0 Å². The van der Waals surface area contributed by atoms with Gasteiger partial charge in [-0.1, -0.05) is 42.8 Å².